The van der Waals surface area contributed by atoms with Crippen LogP contribution >= 0.6 is 0 Å². The van der Waals surface area contributed by atoms with Crippen molar-refractivity contribution >= 4 is 17.3 Å². The summed E-state index contributed by atoms with van der Waals surface area (Å²) >= 11 is 0. The van der Waals surface area contributed by atoms with Crippen LogP contribution in [-0.4, -0.2) is 17.3 Å². The van der Waals surface area contributed by atoms with E-state index in [0.29, 0.717) is 22.3 Å². The van der Waals surface area contributed by atoms with E-state index in [-0.39, 0.29) is 22.9 Å². The van der Waals surface area contributed by atoms with Crippen molar-refractivity contribution in [1.29, 1.82) is 0 Å². The highest BCUT2D eigenvalue weighted by molar-refractivity contribution is 6.39. The molecule has 0 saturated heterocycles. The number of benzene rings is 2. The predicted octanol–water partition coefficient (Wildman–Crippen LogP) is 2.46. The number of fused-ring (bicyclic) bond motifs is 2. The summed E-state index contributed by atoms with van der Waals surface area (Å²) in [5, 5.41) is 12.4. The van der Waals surface area contributed by atoms with Gasteiger partial charge >= 0.3 is 0 Å². The molecule has 2 aromatic rings. The van der Waals surface area contributed by atoms with Crippen LogP contribution in [0.25, 0.3) is 0 Å². The molecule has 0 spiro atoms. The fourth-order valence-electron chi connectivity index (χ4n) is 3.36. The lowest BCUT2D eigenvalue weighted by atomic mass is 10.0. The van der Waals surface area contributed by atoms with E-state index in [1.165, 1.54) is 18.2 Å². The molecule has 4 heteroatoms. The quantitative estimate of drug-likeness (QED) is 0.626. The van der Waals surface area contributed by atoms with Crippen LogP contribution < -0.4 is 5.11 Å². The maximum absolute atomic E-state index is 12.4. The van der Waals surface area contributed by atoms with Gasteiger partial charge in [0.25, 0.3) is 0 Å². The van der Waals surface area contributed by atoms with Crippen LogP contribution in [0.3, 0.4) is 0 Å². The van der Waals surface area contributed by atoms with Crippen molar-refractivity contribution in [2.75, 3.05) is 0 Å². The van der Waals surface area contributed by atoms with Crippen molar-refractivity contribution in [3.8, 4) is 0 Å². The first-order valence-electron chi connectivity index (χ1n) is 7.95. The summed E-state index contributed by atoms with van der Waals surface area (Å²) in [5.74, 6) is -1.70. The molecule has 25 heavy (non-hydrogen) atoms. The largest absolute Gasteiger partial charge is 0.848 e. The highest BCUT2D eigenvalue weighted by atomic mass is 16.3. The van der Waals surface area contributed by atoms with Gasteiger partial charge in [-0.15, -0.1) is 0 Å². The zero-order chi connectivity index (χ0) is 17.6. The molecule has 2 aliphatic rings. The van der Waals surface area contributed by atoms with Gasteiger partial charge in [0, 0.05) is 22.6 Å². The summed E-state index contributed by atoms with van der Waals surface area (Å²) in [4.78, 5) is 36.9. The number of hydrogen-bond acceptors (Lipinski definition) is 4. The first-order valence-corrected chi connectivity index (χ1v) is 7.95. The normalized spacial score (nSPS) is 21.8. The van der Waals surface area contributed by atoms with Gasteiger partial charge in [-0.25, -0.2) is 0 Å². The number of allylic oxidation sites excluding steroid dienone is 3. The molecule has 0 aromatic heterocycles. The lowest BCUT2D eigenvalue weighted by molar-refractivity contribution is -0.430. The third-order valence-electron chi connectivity index (χ3n) is 4.65. The summed E-state index contributed by atoms with van der Waals surface area (Å²) in [6, 6.07) is 13.4. The second kappa shape index (κ2) is 5.76. The molecule has 4 rings (SSSR count). The molecule has 0 saturated carbocycles. The van der Waals surface area contributed by atoms with E-state index < -0.39 is 12.0 Å². The predicted molar refractivity (Wildman–Crippen MR) is 89.3 cm³/mol. The number of carbonyl (C=O) groups is 3. The van der Waals surface area contributed by atoms with Crippen molar-refractivity contribution in [2.24, 2.45) is 5.92 Å². The van der Waals surface area contributed by atoms with Gasteiger partial charge < -0.3 is 5.11 Å². The Morgan fingerprint density at radius 1 is 0.800 bits per heavy atom. The van der Waals surface area contributed by atoms with Crippen molar-refractivity contribution in [3.63, 3.8) is 0 Å². The molecule has 2 aromatic carbocycles. The van der Waals surface area contributed by atoms with Gasteiger partial charge in [-0.2, -0.15) is 0 Å². The van der Waals surface area contributed by atoms with Gasteiger partial charge in [0.1, 0.15) is 0 Å². The van der Waals surface area contributed by atoms with Crippen molar-refractivity contribution in [2.45, 2.75) is 6.10 Å². The van der Waals surface area contributed by atoms with Crippen LogP contribution in [0.5, 0.6) is 0 Å². The molecule has 0 bridgehead atoms. The molecule has 0 fully saturated rings. The number of Topliss-reactive ketones (excluding diaryl/α,β-unsaturated/α-hetero) is 3. The second-order valence-corrected chi connectivity index (χ2v) is 6.07. The third-order valence-corrected chi connectivity index (χ3v) is 4.65. The summed E-state index contributed by atoms with van der Waals surface area (Å²) in [6.45, 7) is 0. The zero-order valence-electron chi connectivity index (χ0n) is 13.1. The van der Waals surface area contributed by atoms with Gasteiger partial charge in [-0.1, -0.05) is 66.8 Å². The summed E-state index contributed by atoms with van der Waals surface area (Å²) in [7, 11) is 0. The van der Waals surface area contributed by atoms with Crippen molar-refractivity contribution in [1.82, 2.24) is 0 Å². The molecule has 2 atom stereocenters. The maximum atomic E-state index is 12.4. The molecule has 0 aliphatic heterocycles. The van der Waals surface area contributed by atoms with Crippen LogP contribution in [0.4, 0.5) is 0 Å². The van der Waals surface area contributed by atoms with Crippen molar-refractivity contribution in [3.05, 3.63) is 94.6 Å². The van der Waals surface area contributed by atoms with E-state index >= 15 is 0 Å². The van der Waals surface area contributed by atoms with Gasteiger partial charge in [-0.3, -0.25) is 14.4 Å². The van der Waals surface area contributed by atoms with Crippen LogP contribution in [0.2, 0.25) is 0 Å². The minimum Gasteiger partial charge on any atom is -0.848 e. The first-order chi connectivity index (χ1) is 12.1. The Balaban J connectivity index is 1.61. The van der Waals surface area contributed by atoms with E-state index in [1.54, 1.807) is 48.5 Å². The Morgan fingerprint density at radius 3 is 1.96 bits per heavy atom. The lowest BCUT2D eigenvalue weighted by Gasteiger charge is -2.21. The van der Waals surface area contributed by atoms with Crippen LogP contribution in [0, 0.1) is 5.92 Å². The number of hydrogen-bond donors (Lipinski definition) is 0. The van der Waals surface area contributed by atoms with E-state index in [2.05, 4.69) is 0 Å². The SMILES string of the molecule is O=C1C(=C/C=C/C2C(=O)c3ccccc3C2[O-])C(=O)c2ccccc21. The van der Waals surface area contributed by atoms with E-state index in [0.717, 1.165) is 0 Å². The molecule has 0 amide bonds. The standard InChI is InChI=1S/C21H13O4/c22-18-12-6-1-2-7-13(12)19(23)16(18)10-5-11-17-20(24)14-8-3-4-9-15(14)21(17)25/h1-11,16,18H/q-1/b10-5+. The fourth-order valence-corrected chi connectivity index (χ4v) is 3.36. The van der Waals surface area contributed by atoms with Gasteiger partial charge in [0.2, 0.25) is 0 Å². The van der Waals surface area contributed by atoms with Gasteiger partial charge in [-0.05, 0) is 11.6 Å². The minimum absolute atomic E-state index is 0.0582. The lowest BCUT2D eigenvalue weighted by Crippen LogP contribution is -2.22. The summed E-state index contributed by atoms with van der Waals surface area (Å²) in [6.07, 6.45) is 3.19. The molecule has 0 radical (unpaired) electrons. The number of ketones is 3. The zero-order valence-corrected chi connectivity index (χ0v) is 13.1. The van der Waals surface area contributed by atoms with Gasteiger partial charge in [0.05, 0.1) is 5.57 Å². The molecular formula is C21H13O4-. The molecule has 122 valence electrons. The monoisotopic (exact) mass is 329 g/mol. The van der Waals surface area contributed by atoms with E-state index in [4.69, 9.17) is 0 Å². The average molecular weight is 329 g/mol. The third kappa shape index (κ3) is 2.30. The first kappa shape index (κ1) is 15.4. The minimum atomic E-state index is -1.16. The smallest absolute Gasteiger partial charge is 0.197 e. The molecule has 4 nitrogen and oxygen atoms in total. The number of rotatable bonds is 2. The average Bonchev–Trinajstić information content (AvgIpc) is 3.03. The Labute approximate surface area is 144 Å². The second-order valence-electron chi connectivity index (χ2n) is 6.07. The Hall–Kier alpha value is -3.11. The van der Waals surface area contributed by atoms with E-state index in [9.17, 15) is 19.5 Å². The van der Waals surface area contributed by atoms with Crippen LogP contribution in [-0.2, 0) is 0 Å². The maximum Gasteiger partial charge on any atom is 0.197 e. The van der Waals surface area contributed by atoms with Gasteiger partial charge in [0.15, 0.2) is 17.3 Å². The summed E-state index contributed by atoms with van der Waals surface area (Å²) < 4.78 is 0. The molecule has 2 unspecified atom stereocenters. The fraction of sp³-hybridized carbons (Fsp3) is 0.0952. The Morgan fingerprint density at radius 2 is 1.36 bits per heavy atom. The highest BCUT2D eigenvalue weighted by Gasteiger charge is 2.33. The van der Waals surface area contributed by atoms with Crippen molar-refractivity contribution < 1.29 is 19.5 Å². The molecule has 0 heterocycles. The molecule has 2 aliphatic carbocycles. The topological polar surface area (TPSA) is 74.3 Å². The van der Waals surface area contributed by atoms with Crippen LogP contribution in [0.15, 0.2) is 72.3 Å². The summed E-state index contributed by atoms with van der Waals surface area (Å²) in [5.41, 5.74) is 1.78. The Kier molecular flexibility index (Phi) is 3.55. The Bertz CT molecular complexity index is 944. The molecule has 0 N–H and O–H groups in total. The highest BCUT2D eigenvalue weighted by Crippen LogP contribution is 2.34. The van der Waals surface area contributed by atoms with Crippen LogP contribution in [0.1, 0.15) is 42.7 Å². The van der Waals surface area contributed by atoms with E-state index in [1.807, 2.05) is 0 Å². The molecular weight excluding hydrogens is 316 g/mol. The number of carbonyl (C=O) groups excluding carboxylic acids is 3.